The molecular weight excluding hydrogens is 224 g/mol. The van der Waals surface area contributed by atoms with Crippen molar-refractivity contribution in [2.24, 2.45) is 0 Å². The van der Waals surface area contributed by atoms with Gasteiger partial charge in [0.1, 0.15) is 0 Å². The first-order valence-electron chi connectivity index (χ1n) is 6.21. The normalized spacial score (nSPS) is 30.2. The summed E-state index contributed by atoms with van der Waals surface area (Å²) in [5.41, 5.74) is 0. The molecule has 0 aromatic carbocycles. The molecule has 2 fully saturated rings. The summed E-state index contributed by atoms with van der Waals surface area (Å²) in [5.74, 6) is 0.632. The van der Waals surface area contributed by atoms with Gasteiger partial charge in [0.25, 0.3) is 0 Å². The zero-order valence-electron chi connectivity index (χ0n) is 9.98. The lowest BCUT2D eigenvalue weighted by Gasteiger charge is -2.36. The Bertz CT molecular complexity index is 325. The van der Waals surface area contributed by atoms with Crippen molar-refractivity contribution in [3.8, 4) is 0 Å². The molecule has 1 heterocycles. The second-order valence-electron chi connectivity index (χ2n) is 5.12. The van der Waals surface area contributed by atoms with Crippen molar-refractivity contribution in [1.29, 1.82) is 0 Å². The maximum absolute atomic E-state index is 11.5. The minimum absolute atomic E-state index is 0.168. The van der Waals surface area contributed by atoms with Gasteiger partial charge in [-0.3, -0.25) is 0 Å². The highest BCUT2D eigenvalue weighted by Crippen LogP contribution is 2.23. The fourth-order valence-corrected chi connectivity index (χ4v) is 3.92. The number of hydrogen-bond donors (Lipinski definition) is 1. The van der Waals surface area contributed by atoms with E-state index in [-0.39, 0.29) is 6.04 Å². The summed E-state index contributed by atoms with van der Waals surface area (Å²) in [6.45, 7) is 1.64. The van der Waals surface area contributed by atoms with Crippen molar-refractivity contribution in [3.63, 3.8) is 0 Å². The number of hydrogen-bond acceptors (Lipinski definition) is 4. The van der Waals surface area contributed by atoms with Crippen LogP contribution < -0.4 is 5.32 Å². The molecule has 1 aliphatic carbocycles. The van der Waals surface area contributed by atoms with E-state index in [1.165, 1.54) is 19.3 Å². The van der Waals surface area contributed by atoms with Gasteiger partial charge in [-0.2, -0.15) is 0 Å². The maximum atomic E-state index is 11.5. The lowest BCUT2D eigenvalue weighted by molar-refractivity contribution is 0.154. The van der Waals surface area contributed by atoms with E-state index < -0.39 is 9.84 Å². The lowest BCUT2D eigenvalue weighted by atomic mass is 9.92. The highest BCUT2D eigenvalue weighted by molar-refractivity contribution is 7.91. The Hall–Kier alpha value is -0.130. The molecule has 0 radical (unpaired) electrons. The van der Waals surface area contributed by atoms with E-state index in [2.05, 4.69) is 17.3 Å². The SMILES string of the molecule is CN(CCC1CS(=O)(=O)CCN1)C1CCC1. The van der Waals surface area contributed by atoms with E-state index >= 15 is 0 Å². The van der Waals surface area contributed by atoms with Crippen LogP contribution in [0, 0.1) is 0 Å². The Kier molecular flexibility index (Phi) is 3.87. The third kappa shape index (κ3) is 3.18. The van der Waals surface area contributed by atoms with Crippen molar-refractivity contribution in [2.45, 2.75) is 37.8 Å². The van der Waals surface area contributed by atoms with Crippen LogP contribution in [0.3, 0.4) is 0 Å². The van der Waals surface area contributed by atoms with Crippen LogP contribution in [0.25, 0.3) is 0 Å². The van der Waals surface area contributed by atoms with E-state index in [1.807, 2.05) is 0 Å². The number of rotatable bonds is 4. The molecule has 1 atom stereocenters. The van der Waals surface area contributed by atoms with Gasteiger partial charge >= 0.3 is 0 Å². The molecule has 1 N–H and O–H groups in total. The molecule has 16 heavy (non-hydrogen) atoms. The molecule has 0 aromatic rings. The largest absolute Gasteiger partial charge is 0.312 e. The fraction of sp³-hybridized carbons (Fsp3) is 1.00. The van der Waals surface area contributed by atoms with Crippen LogP contribution in [0.15, 0.2) is 0 Å². The van der Waals surface area contributed by atoms with Crippen LogP contribution in [0.2, 0.25) is 0 Å². The molecule has 5 heteroatoms. The van der Waals surface area contributed by atoms with Gasteiger partial charge in [0, 0.05) is 18.6 Å². The average Bonchev–Trinajstić information content (AvgIpc) is 2.10. The molecule has 1 saturated heterocycles. The molecule has 0 bridgehead atoms. The minimum atomic E-state index is -2.77. The third-order valence-corrected chi connectivity index (χ3v) is 5.57. The third-order valence-electron chi connectivity index (χ3n) is 3.83. The van der Waals surface area contributed by atoms with Crippen LogP contribution in [0.4, 0.5) is 0 Å². The second-order valence-corrected chi connectivity index (χ2v) is 7.35. The summed E-state index contributed by atoms with van der Waals surface area (Å²) >= 11 is 0. The number of nitrogens with one attached hydrogen (secondary N) is 1. The Labute approximate surface area is 98.3 Å². The molecule has 4 nitrogen and oxygen atoms in total. The van der Waals surface area contributed by atoms with Gasteiger partial charge in [0.15, 0.2) is 9.84 Å². The first-order chi connectivity index (χ1) is 7.57. The van der Waals surface area contributed by atoms with Gasteiger partial charge < -0.3 is 10.2 Å². The predicted molar refractivity (Wildman–Crippen MR) is 65.3 cm³/mol. The van der Waals surface area contributed by atoms with E-state index in [4.69, 9.17) is 0 Å². The number of sulfone groups is 1. The van der Waals surface area contributed by atoms with Crippen molar-refractivity contribution in [3.05, 3.63) is 0 Å². The van der Waals surface area contributed by atoms with E-state index in [0.29, 0.717) is 18.1 Å². The van der Waals surface area contributed by atoms with E-state index in [1.54, 1.807) is 0 Å². The van der Waals surface area contributed by atoms with E-state index in [0.717, 1.165) is 19.0 Å². The molecule has 2 rings (SSSR count). The number of nitrogens with zero attached hydrogens (tertiary/aromatic N) is 1. The summed E-state index contributed by atoms with van der Waals surface area (Å²) in [7, 11) is -0.619. The molecule has 0 amide bonds. The molecule has 1 unspecified atom stereocenters. The fourth-order valence-electron chi connectivity index (χ4n) is 2.42. The van der Waals surface area contributed by atoms with E-state index in [9.17, 15) is 8.42 Å². The van der Waals surface area contributed by atoms with Gasteiger partial charge in [-0.15, -0.1) is 0 Å². The molecule has 0 spiro atoms. The summed E-state index contributed by atoms with van der Waals surface area (Å²) < 4.78 is 22.9. The predicted octanol–water partition coefficient (Wildman–Crippen LogP) is 0.247. The first kappa shape index (κ1) is 12.3. The summed E-state index contributed by atoms with van der Waals surface area (Å²) in [6.07, 6.45) is 4.93. The van der Waals surface area contributed by atoms with Gasteiger partial charge in [-0.05, 0) is 32.9 Å². The van der Waals surface area contributed by atoms with Crippen LogP contribution >= 0.6 is 0 Å². The molecule has 1 aliphatic heterocycles. The molecule has 0 aromatic heterocycles. The van der Waals surface area contributed by atoms with Crippen LogP contribution in [0.5, 0.6) is 0 Å². The van der Waals surface area contributed by atoms with Crippen molar-refractivity contribution >= 4 is 9.84 Å². The summed E-state index contributed by atoms with van der Waals surface area (Å²) in [6, 6.07) is 0.918. The molecule has 2 aliphatic rings. The Balaban J connectivity index is 1.72. The van der Waals surface area contributed by atoms with Crippen molar-refractivity contribution in [1.82, 2.24) is 10.2 Å². The second kappa shape index (κ2) is 5.02. The van der Waals surface area contributed by atoms with Gasteiger partial charge in [0.2, 0.25) is 0 Å². The zero-order chi connectivity index (χ0) is 11.6. The topological polar surface area (TPSA) is 49.4 Å². The van der Waals surface area contributed by atoms with Crippen molar-refractivity contribution < 1.29 is 8.42 Å². The van der Waals surface area contributed by atoms with Gasteiger partial charge in [-0.25, -0.2) is 8.42 Å². The maximum Gasteiger partial charge on any atom is 0.153 e. The Morgan fingerprint density at radius 3 is 2.69 bits per heavy atom. The standard InChI is InChI=1S/C11H22N2O2S/c1-13(11-3-2-4-11)7-5-10-9-16(14,15)8-6-12-10/h10-12H,2-9H2,1H3. The first-order valence-corrected chi connectivity index (χ1v) is 8.03. The lowest BCUT2D eigenvalue weighted by Crippen LogP contribution is -2.47. The Morgan fingerprint density at radius 1 is 1.38 bits per heavy atom. The zero-order valence-corrected chi connectivity index (χ0v) is 10.8. The van der Waals surface area contributed by atoms with Crippen LogP contribution in [-0.2, 0) is 9.84 Å². The molecular formula is C11H22N2O2S. The van der Waals surface area contributed by atoms with Crippen molar-refractivity contribution in [2.75, 3.05) is 31.6 Å². The summed E-state index contributed by atoms with van der Waals surface area (Å²) in [4.78, 5) is 2.38. The highest BCUT2D eigenvalue weighted by Gasteiger charge is 2.26. The monoisotopic (exact) mass is 246 g/mol. The van der Waals surface area contributed by atoms with Gasteiger partial charge in [0.05, 0.1) is 11.5 Å². The minimum Gasteiger partial charge on any atom is -0.312 e. The van der Waals surface area contributed by atoms with Crippen LogP contribution in [-0.4, -0.2) is 57.0 Å². The summed E-state index contributed by atoms with van der Waals surface area (Å²) in [5, 5.41) is 3.30. The molecule has 94 valence electrons. The Morgan fingerprint density at radius 2 is 2.12 bits per heavy atom. The molecule has 1 saturated carbocycles. The quantitative estimate of drug-likeness (QED) is 0.772. The van der Waals surface area contributed by atoms with Gasteiger partial charge in [-0.1, -0.05) is 6.42 Å². The highest BCUT2D eigenvalue weighted by atomic mass is 32.2. The van der Waals surface area contributed by atoms with Crippen LogP contribution in [0.1, 0.15) is 25.7 Å². The smallest absolute Gasteiger partial charge is 0.153 e. The average molecular weight is 246 g/mol.